The van der Waals surface area contributed by atoms with Crippen molar-refractivity contribution in [3.05, 3.63) is 0 Å². The number of amides is 5. The molecule has 0 aromatic heterocycles. The van der Waals surface area contributed by atoms with E-state index in [9.17, 15) is 28.8 Å². The van der Waals surface area contributed by atoms with Gasteiger partial charge in [0.05, 0.1) is 12.5 Å². The summed E-state index contributed by atoms with van der Waals surface area (Å²) in [6.45, 7) is 0. The molecule has 0 aromatic rings. The molecule has 0 saturated heterocycles. The fraction of sp³-hybridized carbons (Fsp3) is 0.571. The Kier molecular flexibility index (Phi) is 10.0. The van der Waals surface area contributed by atoms with Gasteiger partial charge in [-0.15, -0.1) is 0 Å². The first-order valence-corrected chi connectivity index (χ1v) is 7.88. The van der Waals surface area contributed by atoms with E-state index in [1.165, 1.54) is 0 Å². The standard InChI is InChI=1S/C14H24N6O7/c15-6(1-3-9(16)21)12(24)19-7(2-4-10(17)22)13(25)20-8(14(26)27)5-11(18)23/h6-8H,1-5,15H2,(H2,16,21)(H2,17,22)(H2,18,23)(H,19,24)(H,20,25)(H,26,27). The lowest BCUT2D eigenvalue weighted by atomic mass is 10.1. The SMILES string of the molecule is NC(=O)CCC(N)C(=O)NC(CCC(N)=O)C(=O)NC(CC(N)=O)C(=O)O. The van der Waals surface area contributed by atoms with Gasteiger partial charge in [0.25, 0.3) is 0 Å². The molecular weight excluding hydrogens is 364 g/mol. The third-order valence-electron chi connectivity index (χ3n) is 3.37. The minimum absolute atomic E-state index is 0.0786. The van der Waals surface area contributed by atoms with E-state index in [-0.39, 0.29) is 25.7 Å². The Balaban J connectivity index is 5.09. The van der Waals surface area contributed by atoms with E-state index in [4.69, 9.17) is 28.0 Å². The molecule has 3 atom stereocenters. The van der Waals surface area contributed by atoms with Crippen LogP contribution in [0.5, 0.6) is 0 Å². The number of carbonyl (C=O) groups is 6. The zero-order valence-electron chi connectivity index (χ0n) is 14.5. The molecule has 11 N–H and O–H groups in total. The summed E-state index contributed by atoms with van der Waals surface area (Å²) in [5.74, 6) is -5.69. The minimum Gasteiger partial charge on any atom is -0.480 e. The van der Waals surface area contributed by atoms with E-state index in [1.807, 2.05) is 5.32 Å². The first-order valence-electron chi connectivity index (χ1n) is 7.88. The molecule has 0 radical (unpaired) electrons. The Bertz CT molecular complexity index is 609. The number of aliphatic carboxylic acids is 1. The summed E-state index contributed by atoms with van der Waals surface area (Å²) >= 11 is 0. The monoisotopic (exact) mass is 388 g/mol. The predicted molar refractivity (Wildman–Crippen MR) is 90.1 cm³/mol. The van der Waals surface area contributed by atoms with Crippen LogP contribution in [0.3, 0.4) is 0 Å². The van der Waals surface area contributed by atoms with Gasteiger partial charge in [0, 0.05) is 12.8 Å². The number of carboxylic acid groups (broad SMARTS) is 1. The molecule has 0 fully saturated rings. The summed E-state index contributed by atoms with van der Waals surface area (Å²) in [6, 6.07) is -4.13. The van der Waals surface area contributed by atoms with Crippen molar-refractivity contribution in [2.24, 2.45) is 22.9 Å². The van der Waals surface area contributed by atoms with Crippen molar-refractivity contribution in [2.75, 3.05) is 0 Å². The van der Waals surface area contributed by atoms with Crippen LogP contribution < -0.4 is 33.6 Å². The van der Waals surface area contributed by atoms with Gasteiger partial charge in [0.1, 0.15) is 12.1 Å². The number of nitrogens with two attached hydrogens (primary N) is 4. The maximum atomic E-state index is 12.3. The average Bonchev–Trinajstić information content (AvgIpc) is 2.54. The van der Waals surface area contributed by atoms with E-state index in [0.717, 1.165) is 0 Å². The van der Waals surface area contributed by atoms with Crippen LogP contribution in [0, 0.1) is 0 Å². The third-order valence-corrected chi connectivity index (χ3v) is 3.37. The molecule has 0 aliphatic carbocycles. The van der Waals surface area contributed by atoms with Crippen molar-refractivity contribution in [1.82, 2.24) is 10.6 Å². The highest BCUT2D eigenvalue weighted by Gasteiger charge is 2.29. The highest BCUT2D eigenvalue weighted by Crippen LogP contribution is 2.02. The lowest BCUT2D eigenvalue weighted by Crippen LogP contribution is -2.55. The van der Waals surface area contributed by atoms with Gasteiger partial charge in [-0.2, -0.15) is 0 Å². The van der Waals surface area contributed by atoms with E-state index in [1.54, 1.807) is 0 Å². The van der Waals surface area contributed by atoms with Gasteiger partial charge in [-0.3, -0.25) is 24.0 Å². The second-order valence-corrected chi connectivity index (χ2v) is 5.75. The predicted octanol–water partition coefficient (Wildman–Crippen LogP) is -4.23. The molecule has 13 heteroatoms. The summed E-state index contributed by atoms with van der Waals surface area (Å²) in [6.07, 6.45) is -1.44. The van der Waals surface area contributed by atoms with Gasteiger partial charge < -0.3 is 38.7 Å². The van der Waals surface area contributed by atoms with E-state index >= 15 is 0 Å². The highest BCUT2D eigenvalue weighted by atomic mass is 16.4. The maximum absolute atomic E-state index is 12.3. The molecule has 13 nitrogen and oxygen atoms in total. The van der Waals surface area contributed by atoms with Crippen molar-refractivity contribution in [3.63, 3.8) is 0 Å². The zero-order chi connectivity index (χ0) is 21.1. The van der Waals surface area contributed by atoms with Crippen LogP contribution in [0.15, 0.2) is 0 Å². The van der Waals surface area contributed by atoms with E-state index < -0.39 is 60.1 Å². The van der Waals surface area contributed by atoms with Gasteiger partial charge in [0.2, 0.25) is 29.5 Å². The molecule has 152 valence electrons. The van der Waals surface area contributed by atoms with Crippen molar-refractivity contribution in [2.45, 2.75) is 50.2 Å². The lowest BCUT2D eigenvalue weighted by Gasteiger charge is -2.22. The second-order valence-electron chi connectivity index (χ2n) is 5.75. The smallest absolute Gasteiger partial charge is 0.326 e. The molecule has 0 aromatic carbocycles. The van der Waals surface area contributed by atoms with Crippen LogP contribution in [0.4, 0.5) is 0 Å². The molecule has 3 unspecified atom stereocenters. The maximum Gasteiger partial charge on any atom is 0.326 e. The molecule has 0 aliphatic heterocycles. The fourth-order valence-electron chi connectivity index (χ4n) is 1.94. The quantitative estimate of drug-likeness (QED) is 0.162. The number of nitrogens with one attached hydrogen (secondary N) is 2. The minimum atomic E-state index is -1.62. The van der Waals surface area contributed by atoms with Crippen LogP contribution in [0.25, 0.3) is 0 Å². The van der Waals surface area contributed by atoms with Crippen LogP contribution in [-0.2, 0) is 28.8 Å². The topological polar surface area (TPSA) is 251 Å². The van der Waals surface area contributed by atoms with Crippen molar-refractivity contribution >= 4 is 35.5 Å². The Morgan fingerprint density at radius 1 is 0.741 bits per heavy atom. The van der Waals surface area contributed by atoms with Gasteiger partial charge in [-0.1, -0.05) is 0 Å². The molecule has 0 bridgehead atoms. The van der Waals surface area contributed by atoms with Crippen molar-refractivity contribution < 1.29 is 33.9 Å². The third kappa shape index (κ3) is 10.4. The Labute approximate surface area is 154 Å². The second kappa shape index (κ2) is 11.4. The summed E-state index contributed by atoms with van der Waals surface area (Å²) in [7, 11) is 0. The molecule has 0 spiro atoms. The number of hydrogen-bond donors (Lipinski definition) is 7. The molecule has 0 heterocycles. The van der Waals surface area contributed by atoms with Crippen LogP contribution in [0.1, 0.15) is 32.1 Å². The van der Waals surface area contributed by atoms with Crippen LogP contribution >= 0.6 is 0 Å². The number of primary amides is 3. The molecular formula is C14H24N6O7. The van der Waals surface area contributed by atoms with E-state index in [2.05, 4.69) is 5.32 Å². The van der Waals surface area contributed by atoms with Gasteiger partial charge >= 0.3 is 5.97 Å². The van der Waals surface area contributed by atoms with Crippen LogP contribution in [-0.4, -0.2) is 58.7 Å². The molecule has 5 amide bonds. The summed E-state index contributed by atoms with van der Waals surface area (Å²) in [4.78, 5) is 68.0. The first kappa shape index (κ1) is 23.8. The van der Waals surface area contributed by atoms with Gasteiger partial charge in [-0.25, -0.2) is 4.79 Å². The van der Waals surface area contributed by atoms with Crippen molar-refractivity contribution in [1.29, 1.82) is 0 Å². The summed E-state index contributed by atoms with van der Waals surface area (Å²) in [5.41, 5.74) is 20.5. The normalized spacial score (nSPS) is 13.7. The van der Waals surface area contributed by atoms with Crippen LogP contribution in [0.2, 0.25) is 0 Å². The zero-order valence-corrected chi connectivity index (χ0v) is 14.5. The molecule has 0 saturated carbocycles. The number of carbonyl (C=O) groups excluding carboxylic acids is 5. The first-order chi connectivity index (χ1) is 12.4. The van der Waals surface area contributed by atoms with Crippen molar-refractivity contribution in [3.8, 4) is 0 Å². The summed E-state index contributed by atoms with van der Waals surface area (Å²) in [5, 5.41) is 13.3. The molecule has 0 aliphatic rings. The largest absolute Gasteiger partial charge is 0.480 e. The van der Waals surface area contributed by atoms with Gasteiger partial charge in [-0.05, 0) is 12.8 Å². The van der Waals surface area contributed by atoms with Gasteiger partial charge in [0.15, 0.2) is 0 Å². The molecule has 27 heavy (non-hydrogen) atoms. The fourth-order valence-corrected chi connectivity index (χ4v) is 1.94. The highest BCUT2D eigenvalue weighted by molar-refractivity contribution is 5.93. The molecule has 0 rings (SSSR count). The Morgan fingerprint density at radius 2 is 1.22 bits per heavy atom. The summed E-state index contributed by atoms with van der Waals surface area (Å²) < 4.78 is 0. The number of rotatable bonds is 13. The lowest BCUT2D eigenvalue weighted by molar-refractivity contribution is -0.143. The Hall–Kier alpha value is -3.22. The number of hydrogen-bond acceptors (Lipinski definition) is 7. The average molecular weight is 388 g/mol. The Morgan fingerprint density at radius 3 is 1.67 bits per heavy atom. The van der Waals surface area contributed by atoms with E-state index in [0.29, 0.717) is 0 Å². The number of carboxylic acids is 1.